The van der Waals surface area contributed by atoms with Crippen LogP contribution in [0.25, 0.3) is 67.3 Å². The molecule has 2 aliphatic heterocycles. The van der Waals surface area contributed by atoms with Crippen molar-refractivity contribution < 1.29 is 4.74 Å². The van der Waals surface area contributed by atoms with Crippen LogP contribution in [-0.4, -0.2) is 15.0 Å². The normalized spacial score (nSPS) is 11.9. The summed E-state index contributed by atoms with van der Waals surface area (Å²) < 4.78 is 6.91. The quantitative estimate of drug-likeness (QED) is 0.149. The minimum absolute atomic E-state index is 0.517. The number of hydrogen-bond donors (Lipinski definition) is 0. The zero-order chi connectivity index (χ0) is 52.0. The third kappa shape index (κ3) is 8.87. The Balaban J connectivity index is 0.000000692. The summed E-state index contributed by atoms with van der Waals surface area (Å²) in [5.41, 5.74) is 16.2. The number of hydrogen-bond acceptors (Lipinski definition) is 5. The second-order valence-corrected chi connectivity index (χ2v) is 18.5. The summed E-state index contributed by atoms with van der Waals surface area (Å²) in [6.45, 7) is 3.49. The van der Waals surface area contributed by atoms with E-state index in [0.29, 0.717) is 17.6 Å². The summed E-state index contributed by atoms with van der Waals surface area (Å²) in [7, 11) is 0. The van der Waals surface area contributed by atoms with Crippen LogP contribution in [0.3, 0.4) is 0 Å². The summed E-state index contributed by atoms with van der Waals surface area (Å²) in [5.74, 6) is 18.8. The molecule has 0 atom stereocenters. The smallest absolute Gasteiger partial charge is 0.238 e. The Morgan fingerprint density at radius 1 is 0.325 bits per heavy atom. The molecule has 0 saturated heterocycles. The summed E-state index contributed by atoms with van der Waals surface area (Å²) in [5, 5.41) is 0. The second kappa shape index (κ2) is 21.1. The molecule has 1 aromatic heterocycles. The highest BCUT2D eigenvalue weighted by Crippen LogP contribution is 2.63. The predicted molar refractivity (Wildman–Crippen MR) is 314 cm³/mol. The first-order valence-corrected chi connectivity index (χ1v) is 25.6. The van der Waals surface area contributed by atoms with Gasteiger partial charge in [0.05, 0.1) is 16.8 Å². The van der Waals surface area contributed by atoms with Gasteiger partial charge < -0.3 is 4.74 Å². The SMILES string of the molecule is CC#CC#CC#CC.c1ccc(-c2nc(-c3ccccc3)nc(N3c4ccc(-c5ccccc5-c5ccccc5)cc4C4(c5ccccc5Oc5ccccc54)c4cc(-c5ccccc5-c5ccccc5)ccc43)n2)cc1. The maximum Gasteiger partial charge on any atom is 0.238 e. The van der Waals surface area contributed by atoms with E-state index in [1.165, 1.54) is 0 Å². The van der Waals surface area contributed by atoms with Crippen LogP contribution in [0.2, 0.25) is 0 Å². The summed E-state index contributed by atoms with van der Waals surface area (Å²) in [6.07, 6.45) is 0. The molecular formula is C72H48N4O. The minimum atomic E-state index is -0.875. The van der Waals surface area contributed by atoms with Gasteiger partial charge in [0.2, 0.25) is 5.95 Å². The van der Waals surface area contributed by atoms with Gasteiger partial charge in [-0.25, -0.2) is 4.98 Å². The van der Waals surface area contributed by atoms with Crippen molar-refractivity contribution in [2.45, 2.75) is 19.3 Å². The van der Waals surface area contributed by atoms with Crippen molar-refractivity contribution in [3.63, 3.8) is 0 Å². The Morgan fingerprint density at radius 2 is 0.675 bits per heavy atom. The lowest BCUT2D eigenvalue weighted by Crippen LogP contribution is -2.40. The van der Waals surface area contributed by atoms with E-state index in [9.17, 15) is 0 Å². The van der Waals surface area contributed by atoms with Gasteiger partial charge in [-0.15, -0.1) is 0 Å². The van der Waals surface area contributed by atoms with Gasteiger partial charge in [-0.3, -0.25) is 4.90 Å². The third-order valence-electron chi connectivity index (χ3n) is 14.1. The van der Waals surface area contributed by atoms with Gasteiger partial charge in [0.15, 0.2) is 11.6 Å². The van der Waals surface area contributed by atoms with Crippen LogP contribution < -0.4 is 9.64 Å². The molecule has 0 N–H and O–H groups in total. The highest BCUT2D eigenvalue weighted by Gasteiger charge is 2.52. The van der Waals surface area contributed by atoms with Crippen LogP contribution in [-0.2, 0) is 5.41 Å². The van der Waals surface area contributed by atoms with Gasteiger partial charge in [0.1, 0.15) is 11.5 Å². The Morgan fingerprint density at radius 3 is 1.08 bits per heavy atom. The van der Waals surface area contributed by atoms with Crippen LogP contribution >= 0.6 is 0 Å². The van der Waals surface area contributed by atoms with E-state index in [4.69, 9.17) is 19.7 Å². The van der Waals surface area contributed by atoms with E-state index in [1.54, 1.807) is 13.8 Å². The minimum Gasteiger partial charge on any atom is -0.457 e. The first-order valence-electron chi connectivity index (χ1n) is 25.6. The Kier molecular flexibility index (Phi) is 13.0. The fourth-order valence-corrected chi connectivity index (χ4v) is 10.8. The van der Waals surface area contributed by atoms with Crippen molar-refractivity contribution in [2.24, 2.45) is 0 Å². The number of fused-ring (bicyclic) bond motifs is 8. The van der Waals surface area contributed by atoms with Crippen LogP contribution in [0, 0.1) is 35.5 Å². The van der Waals surface area contributed by atoms with Crippen LogP contribution in [0.5, 0.6) is 11.5 Å². The van der Waals surface area contributed by atoms with Gasteiger partial charge in [-0.1, -0.05) is 230 Å². The van der Waals surface area contributed by atoms with Gasteiger partial charge >= 0.3 is 0 Å². The summed E-state index contributed by atoms with van der Waals surface area (Å²) in [6, 6.07) is 90.1. The number of ether oxygens (including phenoxy) is 1. The first kappa shape index (κ1) is 47.5. The highest BCUT2D eigenvalue weighted by molar-refractivity contribution is 5.95. The molecule has 362 valence electrons. The second-order valence-electron chi connectivity index (χ2n) is 18.5. The Hall–Kier alpha value is -10.5. The van der Waals surface area contributed by atoms with Crippen molar-refractivity contribution >= 4 is 17.3 Å². The molecule has 10 aromatic carbocycles. The van der Waals surface area contributed by atoms with E-state index in [1.807, 2.05) is 36.4 Å². The zero-order valence-corrected chi connectivity index (χ0v) is 42.4. The molecule has 13 rings (SSSR count). The van der Waals surface area contributed by atoms with Gasteiger partial charge in [-0.2, -0.15) is 9.97 Å². The topological polar surface area (TPSA) is 51.1 Å². The Bertz CT molecular complexity index is 3910. The molecule has 2 aliphatic rings. The zero-order valence-electron chi connectivity index (χ0n) is 42.4. The van der Waals surface area contributed by atoms with E-state index < -0.39 is 5.41 Å². The number of aromatic nitrogens is 3. The molecule has 5 heteroatoms. The molecule has 0 radical (unpaired) electrons. The number of nitrogens with zero attached hydrogens (tertiary/aromatic N) is 4. The number of benzene rings is 10. The molecule has 5 nitrogen and oxygen atoms in total. The molecular weight excluding hydrogens is 937 g/mol. The number of anilines is 3. The fourth-order valence-electron chi connectivity index (χ4n) is 10.8. The van der Waals surface area contributed by atoms with Crippen LogP contribution in [0.1, 0.15) is 36.1 Å². The molecule has 0 unspecified atom stereocenters. The third-order valence-corrected chi connectivity index (χ3v) is 14.1. The van der Waals surface area contributed by atoms with Gasteiger partial charge in [0, 0.05) is 22.3 Å². The van der Waals surface area contributed by atoms with Crippen molar-refractivity contribution in [3.8, 4) is 114 Å². The predicted octanol–water partition coefficient (Wildman–Crippen LogP) is 17.2. The van der Waals surface area contributed by atoms with E-state index in [2.05, 4.69) is 259 Å². The summed E-state index contributed by atoms with van der Waals surface area (Å²) in [4.78, 5) is 18.2. The summed E-state index contributed by atoms with van der Waals surface area (Å²) >= 11 is 0. The monoisotopic (exact) mass is 984 g/mol. The van der Waals surface area contributed by atoms with Crippen LogP contribution in [0.15, 0.2) is 255 Å². The lowest BCUT2D eigenvalue weighted by Gasteiger charge is -2.48. The average molecular weight is 985 g/mol. The lowest BCUT2D eigenvalue weighted by atomic mass is 9.60. The van der Waals surface area contributed by atoms with Crippen molar-refractivity contribution in [1.82, 2.24) is 15.0 Å². The standard InChI is InChI=1S/C64H42N4O.C8H6/c1-5-21-43(22-6-1)49-29-13-15-31-51(49)47-37-39-57-55(41-47)64(53-33-17-19-35-59(53)69-60-36-20-18-34-54(60)64)56-42-48(52-32-16-14-30-50(52)44-23-7-2-8-24-44)38-40-58(56)68(57)63-66-61(45-25-9-3-10-26-45)65-62(67-63)46-27-11-4-12-28-46;1-3-5-7-8-6-4-2/h1-42H;1-2H3. The molecule has 0 saturated carbocycles. The van der Waals surface area contributed by atoms with E-state index >= 15 is 0 Å². The average Bonchev–Trinajstić information content (AvgIpc) is 3.68. The van der Waals surface area contributed by atoms with Gasteiger partial charge in [0.25, 0.3) is 0 Å². The van der Waals surface area contributed by atoms with E-state index in [0.717, 1.165) is 101 Å². The number of rotatable bonds is 7. The first-order chi connectivity index (χ1) is 38.1. The van der Waals surface area contributed by atoms with E-state index in [-0.39, 0.29) is 0 Å². The number of para-hydroxylation sites is 2. The fraction of sp³-hybridized carbons (Fsp3) is 0.0417. The maximum atomic E-state index is 6.91. The molecule has 0 fully saturated rings. The molecule has 0 aliphatic carbocycles. The molecule has 11 aromatic rings. The molecule has 0 bridgehead atoms. The van der Waals surface area contributed by atoms with Gasteiger partial charge in [-0.05, 0) is 130 Å². The molecule has 3 heterocycles. The molecule has 77 heavy (non-hydrogen) atoms. The Labute approximate surface area is 450 Å². The van der Waals surface area contributed by atoms with Crippen molar-refractivity contribution in [2.75, 3.05) is 4.90 Å². The van der Waals surface area contributed by atoms with Crippen molar-refractivity contribution in [3.05, 3.63) is 277 Å². The highest BCUT2D eigenvalue weighted by atomic mass is 16.5. The maximum absolute atomic E-state index is 6.91. The largest absolute Gasteiger partial charge is 0.457 e. The van der Waals surface area contributed by atoms with Crippen molar-refractivity contribution in [1.29, 1.82) is 0 Å². The molecule has 1 spiro atoms. The lowest BCUT2D eigenvalue weighted by molar-refractivity contribution is 0.434. The molecule has 0 amide bonds. The van der Waals surface area contributed by atoms with Crippen LogP contribution in [0.4, 0.5) is 17.3 Å².